The van der Waals surface area contributed by atoms with Gasteiger partial charge < -0.3 is 14.2 Å². The quantitative estimate of drug-likeness (QED) is 0.353. The number of rotatable bonds is 10. The number of hydrogen-bond acceptors (Lipinski definition) is 5. The molecule has 22 heavy (non-hydrogen) atoms. The van der Waals surface area contributed by atoms with Crippen LogP contribution in [0.5, 0.6) is 0 Å². The van der Waals surface area contributed by atoms with Crippen molar-refractivity contribution in [3.8, 4) is 0 Å². The molecule has 0 N–H and O–H groups in total. The highest BCUT2D eigenvalue weighted by Gasteiger charge is 2.21. The monoisotopic (exact) mass is 310 g/mol. The van der Waals surface area contributed by atoms with Gasteiger partial charge >= 0.3 is 11.9 Å². The van der Waals surface area contributed by atoms with Crippen molar-refractivity contribution < 1.29 is 23.8 Å². The lowest BCUT2D eigenvalue weighted by Gasteiger charge is -2.28. The standard InChI is InChI=1S/C17H26O5/c1-3-16(18)21-10-9-14-5-7-15(8-6-14)13-20-11-12-22-17(19)4-2/h3-4,14-15H,1-2,5-13H2. The minimum absolute atomic E-state index is 0.273. The molecule has 0 aromatic rings. The lowest BCUT2D eigenvalue weighted by Crippen LogP contribution is -2.21. The Labute approximate surface area is 132 Å². The SMILES string of the molecule is C=CC(=O)OCCOCC1CCC(CCOC(=O)C=C)CC1. The molecule has 0 aromatic carbocycles. The van der Waals surface area contributed by atoms with Crippen LogP contribution in [0.15, 0.2) is 25.3 Å². The van der Waals surface area contributed by atoms with Crippen molar-refractivity contribution in [1.82, 2.24) is 0 Å². The van der Waals surface area contributed by atoms with Gasteiger partial charge in [-0.05, 0) is 43.9 Å². The summed E-state index contributed by atoms with van der Waals surface area (Å²) in [7, 11) is 0. The molecule has 0 unspecified atom stereocenters. The van der Waals surface area contributed by atoms with Crippen molar-refractivity contribution in [3.05, 3.63) is 25.3 Å². The molecule has 0 heterocycles. The Kier molecular flexibility index (Phi) is 9.23. The highest BCUT2D eigenvalue weighted by molar-refractivity contribution is 5.81. The molecular formula is C17H26O5. The average molecular weight is 310 g/mol. The van der Waals surface area contributed by atoms with E-state index in [-0.39, 0.29) is 12.6 Å². The van der Waals surface area contributed by atoms with Crippen molar-refractivity contribution in [2.75, 3.05) is 26.4 Å². The summed E-state index contributed by atoms with van der Waals surface area (Å²) in [6.45, 7) is 8.59. The summed E-state index contributed by atoms with van der Waals surface area (Å²) in [6, 6.07) is 0. The van der Waals surface area contributed by atoms with Crippen LogP contribution in [0, 0.1) is 11.8 Å². The van der Waals surface area contributed by atoms with Crippen molar-refractivity contribution in [1.29, 1.82) is 0 Å². The number of hydrogen-bond donors (Lipinski definition) is 0. The van der Waals surface area contributed by atoms with Gasteiger partial charge in [-0.1, -0.05) is 13.2 Å². The third-order valence-electron chi connectivity index (χ3n) is 3.90. The second-order valence-electron chi connectivity index (χ2n) is 5.49. The lowest BCUT2D eigenvalue weighted by atomic mass is 9.81. The number of ether oxygens (including phenoxy) is 3. The maximum atomic E-state index is 10.9. The van der Waals surface area contributed by atoms with E-state index < -0.39 is 5.97 Å². The number of carbonyl (C=O) groups excluding carboxylic acids is 2. The molecule has 0 amide bonds. The van der Waals surface area contributed by atoms with Gasteiger partial charge in [0.25, 0.3) is 0 Å². The summed E-state index contributed by atoms with van der Waals surface area (Å²) in [5.74, 6) is 0.435. The van der Waals surface area contributed by atoms with Gasteiger partial charge in [-0.25, -0.2) is 9.59 Å². The van der Waals surface area contributed by atoms with Crippen LogP contribution in [0.2, 0.25) is 0 Å². The van der Waals surface area contributed by atoms with Crippen LogP contribution >= 0.6 is 0 Å². The highest BCUT2D eigenvalue weighted by atomic mass is 16.6. The van der Waals surface area contributed by atoms with Gasteiger partial charge in [-0.3, -0.25) is 0 Å². The molecule has 1 aliphatic rings. The summed E-state index contributed by atoms with van der Waals surface area (Å²) in [5, 5.41) is 0. The first-order chi connectivity index (χ1) is 10.7. The lowest BCUT2D eigenvalue weighted by molar-refractivity contribution is -0.140. The molecule has 1 rings (SSSR count). The van der Waals surface area contributed by atoms with Crippen LogP contribution in [-0.2, 0) is 23.8 Å². The third kappa shape index (κ3) is 7.98. The van der Waals surface area contributed by atoms with E-state index in [1.807, 2.05) is 0 Å². The molecule has 0 bridgehead atoms. The fraction of sp³-hybridized carbons (Fsp3) is 0.647. The van der Waals surface area contributed by atoms with E-state index in [4.69, 9.17) is 14.2 Å². The van der Waals surface area contributed by atoms with Crippen LogP contribution in [0.3, 0.4) is 0 Å². The fourth-order valence-corrected chi connectivity index (χ4v) is 2.58. The minimum Gasteiger partial charge on any atom is -0.463 e. The molecule has 124 valence electrons. The summed E-state index contributed by atoms with van der Waals surface area (Å²) in [5.41, 5.74) is 0. The molecule has 0 saturated heterocycles. The van der Waals surface area contributed by atoms with Crippen molar-refractivity contribution in [2.24, 2.45) is 11.8 Å². The molecule has 5 nitrogen and oxygen atoms in total. The smallest absolute Gasteiger partial charge is 0.330 e. The minimum atomic E-state index is -0.415. The van der Waals surface area contributed by atoms with Crippen LogP contribution in [-0.4, -0.2) is 38.4 Å². The average Bonchev–Trinajstić information content (AvgIpc) is 2.55. The maximum absolute atomic E-state index is 10.9. The molecular weight excluding hydrogens is 284 g/mol. The van der Waals surface area contributed by atoms with Gasteiger partial charge in [-0.2, -0.15) is 0 Å². The van der Waals surface area contributed by atoms with E-state index in [1.54, 1.807) is 0 Å². The Balaban J connectivity index is 2.00. The van der Waals surface area contributed by atoms with E-state index in [1.165, 1.54) is 6.08 Å². The molecule has 1 fully saturated rings. The van der Waals surface area contributed by atoms with Gasteiger partial charge in [0, 0.05) is 18.8 Å². The van der Waals surface area contributed by atoms with Gasteiger partial charge in [0.05, 0.1) is 13.2 Å². The Morgan fingerprint density at radius 3 is 2.00 bits per heavy atom. The Morgan fingerprint density at radius 1 is 0.864 bits per heavy atom. The van der Waals surface area contributed by atoms with Gasteiger partial charge in [0.1, 0.15) is 6.61 Å². The van der Waals surface area contributed by atoms with Crippen LogP contribution in [0.1, 0.15) is 32.1 Å². The van der Waals surface area contributed by atoms with Crippen LogP contribution in [0.25, 0.3) is 0 Å². The Bertz CT molecular complexity index is 369. The summed E-state index contributed by atoms with van der Waals surface area (Å²) >= 11 is 0. The summed E-state index contributed by atoms with van der Waals surface area (Å²) in [6.07, 6.45) is 7.81. The van der Waals surface area contributed by atoms with E-state index >= 15 is 0 Å². The Hall–Kier alpha value is -1.62. The highest BCUT2D eigenvalue weighted by Crippen LogP contribution is 2.30. The molecule has 0 atom stereocenters. The van der Waals surface area contributed by atoms with Crippen molar-refractivity contribution in [2.45, 2.75) is 32.1 Å². The van der Waals surface area contributed by atoms with Crippen LogP contribution < -0.4 is 0 Å². The topological polar surface area (TPSA) is 61.8 Å². The third-order valence-corrected chi connectivity index (χ3v) is 3.90. The number of esters is 2. The molecule has 5 heteroatoms. The zero-order valence-corrected chi connectivity index (χ0v) is 13.1. The van der Waals surface area contributed by atoms with E-state index in [0.29, 0.717) is 31.7 Å². The molecule has 1 aliphatic carbocycles. The first-order valence-corrected chi connectivity index (χ1v) is 7.81. The largest absolute Gasteiger partial charge is 0.463 e. The van der Waals surface area contributed by atoms with Gasteiger partial charge in [-0.15, -0.1) is 0 Å². The second-order valence-corrected chi connectivity index (χ2v) is 5.49. The van der Waals surface area contributed by atoms with Gasteiger partial charge in [0.15, 0.2) is 0 Å². The first-order valence-electron chi connectivity index (χ1n) is 7.81. The first kappa shape index (κ1) is 18.4. The van der Waals surface area contributed by atoms with Crippen molar-refractivity contribution in [3.63, 3.8) is 0 Å². The predicted molar refractivity (Wildman–Crippen MR) is 83.2 cm³/mol. The van der Waals surface area contributed by atoms with Crippen LogP contribution in [0.4, 0.5) is 0 Å². The second kappa shape index (κ2) is 11.0. The van der Waals surface area contributed by atoms with Crippen molar-refractivity contribution >= 4 is 11.9 Å². The normalized spacial score (nSPS) is 20.9. The summed E-state index contributed by atoms with van der Waals surface area (Å²) < 4.78 is 15.4. The Morgan fingerprint density at radius 2 is 1.41 bits per heavy atom. The predicted octanol–water partition coefficient (Wildman–Crippen LogP) is 2.66. The van der Waals surface area contributed by atoms with E-state index in [2.05, 4.69) is 13.2 Å². The number of carbonyl (C=O) groups is 2. The molecule has 0 aromatic heterocycles. The maximum Gasteiger partial charge on any atom is 0.330 e. The summed E-state index contributed by atoms with van der Waals surface area (Å²) in [4.78, 5) is 21.8. The zero-order valence-electron chi connectivity index (χ0n) is 13.1. The molecule has 0 spiro atoms. The molecule has 0 radical (unpaired) electrons. The fourth-order valence-electron chi connectivity index (χ4n) is 2.58. The van der Waals surface area contributed by atoms with Gasteiger partial charge in [0.2, 0.25) is 0 Å². The molecule has 1 saturated carbocycles. The molecule has 0 aliphatic heterocycles. The van der Waals surface area contributed by atoms with E-state index in [0.717, 1.165) is 38.2 Å². The van der Waals surface area contributed by atoms with E-state index in [9.17, 15) is 9.59 Å². The zero-order chi connectivity index (χ0) is 16.2.